The number of benzene rings is 1. The summed E-state index contributed by atoms with van der Waals surface area (Å²) < 4.78 is 10.5. The van der Waals surface area contributed by atoms with Gasteiger partial charge < -0.3 is 14.8 Å². The number of methoxy groups -OCH3 is 1. The van der Waals surface area contributed by atoms with E-state index in [1.54, 1.807) is 13.2 Å². The van der Waals surface area contributed by atoms with Gasteiger partial charge in [-0.05, 0) is 6.07 Å². The summed E-state index contributed by atoms with van der Waals surface area (Å²) in [6.07, 6.45) is 0. The van der Waals surface area contributed by atoms with Gasteiger partial charge in [0.15, 0.2) is 0 Å². The van der Waals surface area contributed by atoms with Crippen LogP contribution in [0.15, 0.2) is 29.8 Å². The van der Waals surface area contributed by atoms with Gasteiger partial charge in [-0.25, -0.2) is 0 Å². The van der Waals surface area contributed by atoms with E-state index >= 15 is 0 Å². The highest BCUT2D eigenvalue weighted by molar-refractivity contribution is 6.32. The third-order valence-electron chi connectivity index (χ3n) is 2.22. The molecule has 0 bridgehead atoms. The van der Waals surface area contributed by atoms with Crippen LogP contribution in [0.4, 0.5) is 0 Å². The van der Waals surface area contributed by atoms with Crippen LogP contribution in [0.3, 0.4) is 0 Å². The van der Waals surface area contributed by atoms with Gasteiger partial charge in [0.2, 0.25) is 0 Å². The second kappa shape index (κ2) is 8.38. The molecular formula is C13H17Cl2NO2. The van der Waals surface area contributed by atoms with E-state index in [1.807, 2.05) is 12.1 Å². The molecule has 0 amide bonds. The van der Waals surface area contributed by atoms with Crippen LogP contribution in [0.5, 0.6) is 5.75 Å². The molecule has 0 aromatic heterocycles. The molecule has 0 spiro atoms. The number of para-hydroxylation sites is 1. The second-order valence-corrected chi connectivity index (χ2v) is 4.65. The van der Waals surface area contributed by atoms with Gasteiger partial charge in [0.1, 0.15) is 12.4 Å². The van der Waals surface area contributed by atoms with Crippen LogP contribution in [0.1, 0.15) is 5.56 Å². The van der Waals surface area contributed by atoms with Gasteiger partial charge in [-0.1, -0.05) is 41.9 Å². The van der Waals surface area contributed by atoms with Crippen molar-refractivity contribution in [3.05, 3.63) is 40.4 Å². The highest BCUT2D eigenvalue weighted by Gasteiger charge is 2.08. The molecule has 0 aliphatic heterocycles. The van der Waals surface area contributed by atoms with Crippen molar-refractivity contribution >= 4 is 23.2 Å². The smallest absolute Gasteiger partial charge is 0.142 e. The van der Waals surface area contributed by atoms with Crippen molar-refractivity contribution in [2.75, 3.05) is 26.9 Å². The molecule has 1 aromatic rings. The Balaban J connectivity index is 2.64. The van der Waals surface area contributed by atoms with Crippen LogP contribution >= 0.6 is 23.2 Å². The largest absolute Gasteiger partial charge is 0.486 e. The molecule has 1 aromatic carbocycles. The lowest BCUT2D eigenvalue weighted by molar-refractivity contribution is 0.199. The zero-order valence-corrected chi connectivity index (χ0v) is 11.9. The molecule has 1 N–H and O–H groups in total. The average molecular weight is 290 g/mol. The first-order valence-electron chi connectivity index (χ1n) is 5.58. The van der Waals surface area contributed by atoms with Gasteiger partial charge in [-0.15, -0.1) is 0 Å². The summed E-state index contributed by atoms with van der Waals surface area (Å²) in [4.78, 5) is 0. The molecule has 0 aliphatic carbocycles. The van der Waals surface area contributed by atoms with Gasteiger partial charge in [0.05, 0.1) is 11.6 Å². The van der Waals surface area contributed by atoms with Gasteiger partial charge in [-0.2, -0.15) is 0 Å². The Labute approximate surface area is 118 Å². The van der Waals surface area contributed by atoms with E-state index in [-0.39, 0.29) is 6.61 Å². The Morgan fingerprint density at radius 3 is 2.89 bits per heavy atom. The standard InChI is InChI=1S/C13H17Cl2NO2/c1-10(14)9-18-13-11(4-3-5-12(13)15)8-16-6-7-17-2/h3-5,16H,1,6-9H2,2H3. The predicted octanol–water partition coefficient (Wildman–Crippen LogP) is 3.21. The highest BCUT2D eigenvalue weighted by Crippen LogP contribution is 2.29. The molecule has 100 valence electrons. The first-order valence-corrected chi connectivity index (χ1v) is 6.34. The number of hydrogen-bond acceptors (Lipinski definition) is 3. The maximum atomic E-state index is 6.10. The van der Waals surface area contributed by atoms with Crippen molar-refractivity contribution < 1.29 is 9.47 Å². The van der Waals surface area contributed by atoms with E-state index in [4.69, 9.17) is 32.7 Å². The fourth-order valence-electron chi connectivity index (χ4n) is 1.40. The maximum Gasteiger partial charge on any atom is 0.142 e. The van der Waals surface area contributed by atoms with E-state index in [0.717, 1.165) is 12.1 Å². The predicted molar refractivity (Wildman–Crippen MR) is 75.5 cm³/mol. The lowest BCUT2D eigenvalue weighted by Gasteiger charge is -2.13. The third-order valence-corrected chi connectivity index (χ3v) is 2.63. The minimum atomic E-state index is 0.246. The van der Waals surface area contributed by atoms with Gasteiger partial charge in [0, 0.05) is 30.8 Å². The summed E-state index contributed by atoms with van der Waals surface area (Å²) in [5.41, 5.74) is 0.983. The molecule has 0 fully saturated rings. The molecule has 5 heteroatoms. The highest BCUT2D eigenvalue weighted by atomic mass is 35.5. The Hall–Kier alpha value is -0.740. The molecule has 1 rings (SSSR count). The van der Waals surface area contributed by atoms with E-state index in [9.17, 15) is 0 Å². The van der Waals surface area contributed by atoms with Gasteiger partial charge >= 0.3 is 0 Å². The summed E-state index contributed by atoms with van der Waals surface area (Å²) in [5.74, 6) is 0.644. The molecular weight excluding hydrogens is 273 g/mol. The monoisotopic (exact) mass is 289 g/mol. The first-order chi connectivity index (χ1) is 8.65. The normalized spacial score (nSPS) is 10.4. The zero-order chi connectivity index (χ0) is 13.4. The number of hydrogen-bond donors (Lipinski definition) is 1. The molecule has 0 heterocycles. The first kappa shape index (κ1) is 15.3. The van der Waals surface area contributed by atoms with Crippen LogP contribution in [-0.2, 0) is 11.3 Å². The summed E-state index contributed by atoms with van der Waals surface area (Å²) in [5, 5.41) is 4.25. The fraction of sp³-hybridized carbons (Fsp3) is 0.385. The van der Waals surface area contributed by atoms with E-state index < -0.39 is 0 Å². The quantitative estimate of drug-likeness (QED) is 0.746. The maximum absolute atomic E-state index is 6.10. The Morgan fingerprint density at radius 2 is 2.22 bits per heavy atom. The van der Waals surface area contributed by atoms with Crippen LogP contribution in [0.25, 0.3) is 0 Å². The van der Waals surface area contributed by atoms with Crippen molar-refractivity contribution in [2.45, 2.75) is 6.54 Å². The van der Waals surface area contributed by atoms with Crippen LogP contribution in [-0.4, -0.2) is 26.9 Å². The average Bonchev–Trinajstić information content (AvgIpc) is 2.33. The Bertz CT molecular complexity index is 397. The lowest BCUT2D eigenvalue weighted by Crippen LogP contribution is -2.19. The van der Waals surface area contributed by atoms with Crippen molar-refractivity contribution in [3.63, 3.8) is 0 Å². The van der Waals surface area contributed by atoms with Crippen LogP contribution < -0.4 is 10.1 Å². The molecule has 18 heavy (non-hydrogen) atoms. The second-order valence-electron chi connectivity index (χ2n) is 3.70. The van der Waals surface area contributed by atoms with Gasteiger partial charge in [0.25, 0.3) is 0 Å². The molecule has 0 saturated carbocycles. The Morgan fingerprint density at radius 1 is 1.44 bits per heavy atom. The molecule has 0 radical (unpaired) electrons. The topological polar surface area (TPSA) is 30.5 Å². The fourth-order valence-corrected chi connectivity index (χ4v) is 1.71. The number of halogens is 2. The number of nitrogens with one attached hydrogen (secondary N) is 1. The summed E-state index contributed by atoms with van der Waals surface area (Å²) in [6.45, 7) is 5.92. The SMILES string of the molecule is C=C(Cl)COc1c(Cl)cccc1CNCCOC. The Kier molecular flexibility index (Phi) is 7.13. The molecule has 0 aliphatic rings. The van der Waals surface area contributed by atoms with Crippen LogP contribution in [0, 0.1) is 0 Å². The minimum Gasteiger partial charge on any atom is -0.486 e. The van der Waals surface area contributed by atoms with Crippen molar-refractivity contribution in [1.82, 2.24) is 5.32 Å². The molecule has 0 atom stereocenters. The zero-order valence-electron chi connectivity index (χ0n) is 10.3. The van der Waals surface area contributed by atoms with E-state index in [1.165, 1.54) is 0 Å². The number of rotatable bonds is 8. The van der Waals surface area contributed by atoms with Crippen molar-refractivity contribution in [3.8, 4) is 5.75 Å². The van der Waals surface area contributed by atoms with Crippen molar-refractivity contribution in [1.29, 1.82) is 0 Å². The molecule has 0 saturated heterocycles. The van der Waals surface area contributed by atoms with E-state index in [2.05, 4.69) is 11.9 Å². The molecule has 0 unspecified atom stereocenters. The summed E-state index contributed by atoms with van der Waals surface area (Å²) in [7, 11) is 1.67. The lowest BCUT2D eigenvalue weighted by atomic mass is 10.2. The van der Waals surface area contributed by atoms with Crippen LogP contribution in [0.2, 0.25) is 5.02 Å². The van der Waals surface area contributed by atoms with E-state index in [0.29, 0.717) is 29.0 Å². The summed E-state index contributed by atoms with van der Waals surface area (Å²) in [6, 6.07) is 5.63. The van der Waals surface area contributed by atoms with Crippen molar-refractivity contribution in [2.24, 2.45) is 0 Å². The minimum absolute atomic E-state index is 0.246. The van der Waals surface area contributed by atoms with Gasteiger partial charge in [-0.3, -0.25) is 0 Å². The summed E-state index contributed by atoms with van der Waals surface area (Å²) >= 11 is 11.8. The molecule has 3 nitrogen and oxygen atoms in total. The number of ether oxygens (including phenoxy) is 2. The third kappa shape index (κ3) is 5.27.